The van der Waals surface area contributed by atoms with Crippen LogP contribution in [0.3, 0.4) is 0 Å². The lowest BCUT2D eigenvalue weighted by Crippen LogP contribution is -2.55. The molecule has 6 nitrogen and oxygen atoms in total. The zero-order valence-corrected chi connectivity index (χ0v) is 17.1. The molecule has 5 atom stereocenters. The normalized spacial score (nSPS) is 36.4. The van der Waals surface area contributed by atoms with Crippen molar-refractivity contribution in [3.63, 3.8) is 0 Å². The van der Waals surface area contributed by atoms with Crippen LogP contribution < -0.4 is 0 Å². The molecular formula is C22H34O6. The van der Waals surface area contributed by atoms with Gasteiger partial charge in [0.15, 0.2) is 0 Å². The Morgan fingerprint density at radius 2 is 1.71 bits per heavy atom. The molecule has 3 rings (SSSR count). The maximum atomic E-state index is 10.5. The van der Waals surface area contributed by atoms with Crippen molar-refractivity contribution in [2.75, 3.05) is 20.8 Å². The zero-order chi connectivity index (χ0) is 20.3. The van der Waals surface area contributed by atoms with E-state index in [0.717, 1.165) is 37.7 Å². The Labute approximate surface area is 167 Å². The Hall–Kier alpha value is -1.02. The standard InChI is InChI=1S/C22H34O6/c1-13-4-7-15(11-16(13)10-14-5-8-17(27-3)9-6-14)22-21(25)20(24)19(23)18(28-22)12-26-2/h4,7,11,14,17-25H,5-6,8-10,12H2,1-3H3/t14?,17?,18-,19-,20+,21-,22+/m1/s1. The number of methoxy groups -OCH3 is 2. The molecule has 0 aromatic heterocycles. The number of hydrogen-bond acceptors (Lipinski definition) is 6. The van der Waals surface area contributed by atoms with E-state index in [1.807, 2.05) is 12.1 Å². The summed E-state index contributed by atoms with van der Waals surface area (Å²) in [6.45, 7) is 2.26. The number of aryl methyl sites for hydroxylation is 1. The first kappa shape index (κ1) is 21.7. The van der Waals surface area contributed by atoms with Gasteiger partial charge >= 0.3 is 0 Å². The van der Waals surface area contributed by atoms with Crippen LogP contribution >= 0.6 is 0 Å². The van der Waals surface area contributed by atoms with Gasteiger partial charge in [-0.2, -0.15) is 0 Å². The van der Waals surface area contributed by atoms with Gasteiger partial charge in [0.1, 0.15) is 30.5 Å². The monoisotopic (exact) mass is 394 g/mol. The van der Waals surface area contributed by atoms with Crippen molar-refractivity contribution in [1.29, 1.82) is 0 Å². The molecule has 1 aliphatic carbocycles. The van der Waals surface area contributed by atoms with Gasteiger partial charge in [-0.3, -0.25) is 0 Å². The molecule has 0 amide bonds. The quantitative estimate of drug-likeness (QED) is 0.683. The Morgan fingerprint density at radius 3 is 2.36 bits per heavy atom. The van der Waals surface area contributed by atoms with E-state index in [1.165, 1.54) is 18.2 Å². The van der Waals surface area contributed by atoms with E-state index in [-0.39, 0.29) is 6.61 Å². The lowest BCUT2D eigenvalue weighted by molar-refractivity contribution is -0.233. The van der Waals surface area contributed by atoms with Crippen LogP contribution in [0.5, 0.6) is 0 Å². The van der Waals surface area contributed by atoms with Gasteiger partial charge in [0.05, 0.1) is 12.7 Å². The highest BCUT2D eigenvalue weighted by Gasteiger charge is 2.44. The van der Waals surface area contributed by atoms with Crippen LogP contribution in [0.4, 0.5) is 0 Å². The summed E-state index contributed by atoms with van der Waals surface area (Å²) in [6.07, 6.45) is 0.906. The van der Waals surface area contributed by atoms with Crippen LogP contribution in [-0.4, -0.2) is 66.7 Å². The van der Waals surface area contributed by atoms with Gasteiger partial charge in [-0.05, 0) is 61.6 Å². The first-order valence-electron chi connectivity index (χ1n) is 10.2. The van der Waals surface area contributed by atoms with E-state index in [4.69, 9.17) is 14.2 Å². The van der Waals surface area contributed by atoms with Gasteiger partial charge < -0.3 is 29.5 Å². The van der Waals surface area contributed by atoms with Crippen molar-refractivity contribution in [2.24, 2.45) is 5.92 Å². The first-order chi connectivity index (χ1) is 13.4. The van der Waals surface area contributed by atoms with E-state index in [9.17, 15) is 15.3 Å². The average molecular weight is 395 g/mol. The summed E-state index contributed by atoms with van der Waals surface area (Å²) < 4.78 is 16.5. The highest BCUT2D eigenvalue weighted by Crippen LogP contribution is 2.35. The Bertz CT molecular complexity index is 627. The summed E-state index contributed by atoms with van der Waals surface area (Å²) in [7, 11) is 3.31. The molecule has 3 N–H and O–H groups in total. The molecule has 1 heterocycles. The molecule has 158 valence electrons. The minimum atomic E-state index is -1.27. The minimum absolute atomic E-state index is 0.156. The SMILES string of the molecule is COC[C@H]1O[C@@H](c2ccc(C)c(CC3CCC(OC)CC3)c2)[C@H](O)[C@@H](O)[C@@H]1O. The molecular weight excluding hydrogens is 360 g/mol. The number of hydrogen-bond donors (Lipinski definition) is 3. The summed E-state index contributed by atoms with van der Waals surface area (Å²) in [5.41, 5.74) is 3.29. The number of benzene rings is 1. The zero-order valence-electron chi connectivity index (χ0n) is 17.1. The van der Waals surface area contributed by atoms with E-state index < -0.39 is 30.5 Å². The van der Waals surface area contributed by atoms with Crippen molar-refractivity contribution in [3.8, 4) is 0 Å². The number of ether oxygens (including phenoxy) is 3. The summed E-state index contributed by atoms with van der Waals surface area (Å²) in [5, 5.41) is 30.9. The molecule has 1 saturated heterocycles. The molecule has 1 saturated carbocycles. The third-order valence-corrected chi connectivity index (χ3v) is 6.38. The van der Waals surface area contributed by atoms with Crippen LogP contribution in [0.2, 0.25) is 0 Å². The van der Waals surface area contributed by atoms with Gasteiger partial charge in [0.25, 0.3) is 0 Å². The maximum Gasteiger partial charge on any atom is 0.113 e. The second-order valence-electron chi connectivity index (χ2n) is 8.29. The molecule has 0 radical (unpaired) electrons. The molecule has 28 heavy (non-hydrogen) atoms. The van der Waals surface area contributed by atoms with Crippen LogP contribution in [0.25, 0.3) is 0 Å². The minimum Gasteiger partial charge on any atom is -0.388 e. The molecule has 1 aromatic rings. The number of rotatable bonds is 6. The van der Waals surface area contributed by atoms with Gasteiger partial charge in [-0.1, -0.05) is 18.2 Å². The van der Waals surface area contributed by atoms with Crippen LogP contribution in [0, 0.1) is 12.8 Å². The summed E-state index contributed by atoms with van der Waals surface area (Å²) in [4.78, 5) is 0. The predicted molar refractivity (Wildman–Crippen MR) is 105 cm³/mol. The fraction of sp³-hybridized carbons (Fsp3) is 0.727. The second kappa shape index (κ2) is 9.65. The van der Waals surface area contributed by atoms with E-state index in [0.29, 0.717) is 12.0 Å². The van der Waals surface area contributed by atoms with Gasteiger partial charge in [-0.15, -0.1) is 0 Å². The van der Waals surface area contributed by atoms with Crippen molar-refractivity contribution in [2.45, 2.75) is 75.7 Å². The lowest BCUT2D eigenvalue weighted by Gasteiger charge is -2.40. The van der Waals surface area contributed by atoms with Crippen molar-refractivity contribution in [3.05, 3.63) is 34.9 Å². The molecule has 0 unspecified atom stereocenters. The fourth-order valence-corrected chi connectivity index (χ4v) is 4.50. The second-order valence-corrected chi connectivity index (χ2v) is 8.29. The Morgan fingerprint density at radius 1 is 1.00 bits per heavy atom. The topological polar surface area (TPSA) is 88.4 Å². The summed E-state index contributed by atoms with van der Waals surface area (Å²) in [6, 6.07) is 6.06. The first-order valence-corrected chi connectivity index (χ1v) is 10.2. The van der Waals surface area contributed by atoms with E-state index in [1.54, 1.807) is 7.11 Å². The number of aliphatic hydroxyl groups is 3. The largest absolute Gasteiger partial charge is 0.388 e. The van der Waals surface area contributed by atoms with Crippen LogP contribution in [-0.2, 0) is 20.6 Å². The van der Waals surface area contributed by atoms with E-state index in [2.05, 4.69) is 13.0 Å². The molecule has 0 bridgehead atoms. The molecule has 1 aliphatic heterocycles. The lowest BCUT2D eigenvalue weighted by atomic mass is 9.82. The maximum absolute atomic E-state index is 10.5. The summed E-state index contributed by atoms with van der Waals surface area (Å²) >= 11 is 0. The third-order valence-electron chi connectivity index (χ3n) is 6.38. The van der Waals surface area contributed by atoms with Crippen LogP contribution in [0.1, 0.15) is 48.5 Å². The van der Waals surface area contributed by atoms with Gasteiger partial charge in [0, 0.05) is 14.2 Å². The van der Waals surface area contributed by atoms with E-state index >= 15 is 0 Å². The smallest absolute Gasteiger partial charge is 0.113 e. The van der Waals surface area contributed by atoms with Crippen molar-refractivity contribution in [1.82, 2.24) is 0 Å². The Kier molecular flexibility index (Phi) is 7.48. The number of aliphatic hydroxyl groups excluding tert-OH is 3. The highest BCUT2D eigenvalue weighted by atomic mass is 16.6. The predicted octanol–water partition coefficient (Wildman–Crippen LogP) is 1.91. The third kappa shape index (κ3) is 4.75. The molecule has 0 spiro atoms. The highest BCUT2D eigenvalue weighted by molar-refractivity contribution is 5.33. The molecule has 2 aliphatic rings. The summed E-state index contributed by atoms with van der Waals surface area (Å²) in [5.74, 6) is 0.631. The Balaban J connectivity index is 1.74. The molecule has 6 heteroatoms. The van der Waals surface area contributed by atoms with Gasteiger partial charge in [0.2, 0.25) is 0 Å². The molecule has 2 fully saturated rings. The van der Waals surface area contributed by atoms with Crippen molar-refractivity contribution >= 4 is 0 Å². The van der Waals surface area contributed by atoms with Crippen LogP contribution in [0.15, 0.2) is 18.2 Å². The average Bonchev–Trinajstić information content (AvgIpc) is 2.71. The van der Waals surface area contributed by atoms with Gasteiger partial charge in [-0.25, -0.2) is 0 Å². The molecule has 1 aromatic carbocycles. The fourth-order valence-electron chi connectivity index (χ4n) is 4.50. The van der Waals surface area contributed by atoms with Crippen molar-refractivity contribution < 1.29 is 29.5 Å².